The second-order valence-electron chi connectivity index (χ2n) is 5.07. The average molecular weight is 315 g/mol. The predicted molar refractivity (Wildman–Crippen MR) is 91.6 cm³/mol. The van der Waals surface area contributed by atoms with E-state index in [0.29, 0.717) is 18.9 Å². The van der Waals surface area contributed by atoms with Crippen molar-refractivity contribution in [2.75, 3.05) is 18.9 Å². The molecule has 1 N–H and O–H groups in total. The number of ether oxygens (including phenoxy) is 1. The summed E-state index contributed by atoms with van der Waals surface area (Å²) in [6.07, 6.45) is 0. The minimum absolute atomic E-state index is 0.0288. The molecule has 0 fully saturated rings. The molecule has 0 bridgehead atoms. The number of carbonyl (C=O) groups is 1. The molecule has 2 aromatic rings. The van der Waals surface area contributed by atoms with Crippen molar-refractivity contribution in [2.45, 2.75) is 18.7 Å². The molecule has 0 saturated carbocycles. The molecule has 0 aliphatic rings. The van der Waals surface area contributed by atoms with Crippen LogP contribution in [0, 0.1) is 13.8 Å². The molecule has 0 aliphatic carbocycles. The summed E-state index contributed by atoms with van der Waals surface area (Å²) in [5, 5.41) is 2.87. The monoisotopic (exact) mass is 315 g/mol. The van der Waals surface area contributed by atoms with E-state index in [4.69, 9.17) is 4.74 Å². The van der Waals surface area contributed by atoms with Gasteiger partial charge in [-0.05, 0) is 43.2 Å². The van der Waals surface area contributed by atoms with Crippen LogP contribution < -0.4 is 10.1 Å². The van der Waals surface area contributed by atoms with E-state index in [2.05, 4.69) is 18.3 Å². The molecular weight excluding hydrogens is 294 g/mol. The lowest BCUT2D eigenvalue weighted by Crippen LogP contribution is -2.29. The van der Waals surface area contributed by atoms with Crippen LogP contribution in [0.5, 0.6) is 5.75 Å². The van der Waals surface area contributed by atoms with Crippen LogP contribution in [0.15, 0.2) is 53.4 Å². The predicted octanol–water partition coefficient (Wildman–Crippen LogP) is 3.59. The minimum atomic E-state index is 0.0288. The van der Waals surface area contributed by atoms with Crippen LogP contribution in [-0.2, 0) is 4.79 Å². The minimum Gasteiger partial charge on any atom is -0.492 e. The second-order valence-corrected chi connectivity index (χ2v) is 6.09. The fraction of sp³-hybridized carbons (Fsp3) is 0.278. The van der Waals surface area contributed by atoms with E-state index in [1.54, 1.807) is 11.8 Å². The van der Waals surface area contributed by atoms with Crippen LogP contribution in [0.1, 0.15) is 11.1 Å². The fourth-order valence-electron chi connectivity index (χ4n) is 1.98. The summed E-state index contributed by atoms with van der Waals surface area (Å²) in [7, 11) is 0. The number of benzene rings is 2. The zero-order chi connectivity index (χ0) is 15.8. The number of aryl methyl sites for hydroxylation is 2. The van der Waals surface area contributed by atoms with E-state index >= 15 is 0 Å². The number of carbonyl (C=O) groups excluding carboxylic acids is 1. The average Bonchev–Trinajstić information content (AvgIpc) is 2.51. The van der Waals surface area contributed by atoms with E-state index in [1.165, 1.54) is 5.56 Å². The van der Waals surface area contributed by atoms with Crippen molar-refractivity contribution in [2.24, 2.45) is 0 Å². The first-order chi connectivity index (χ1) is 10.6. The van der Waals surface area contributed by atoms with Gasteiger partial charge in [0, 0.05) is 4.90 Å². The first-order valence-electron chi connectivity index (χ1n) is 7.30. The van der Waals surface area contributed by atoms with Gasteiger partial charge in [-0.25, -0.2) is 0 Å². The molecule has 1 amide bonds. The summed E-state index contributed by atoms with van der Waals surface area (Å²) >= 11 is 1.56. The van der Waals surface area contributed by atoms with Crippen LogP contribution in [0.3, 0.4) is 0 Å². The van der Waals surface area contributed by atoms with Gasteiger partial charge in [0.2, 0.25) is 5.91 Å². The molecular formula is C18H21NO2S. The van der Waals surface area contributed by atoms with Gasteiger partial charge in [0.15, 0.2) is 0 Å². The molecule has 2 rings (SSSR count). The van der Waals surface area contributed by atoms with Crippen LogP contribution in [0.2, 0.25) is 0 Å². The molecule has 0 atom stereocenters. The quantitative estimate of drug-likeness (QED) is 0.627. The van der Waals surface area contributed by atoms with Crippen LogP contribution in [0.4, 0.5) is 0 Å². The highest BCUT2D eigenvalue weighted by Crippen LogP contribution is 2.21. The standard InChI is InChI=1S/C18H21NO2S/c1-14-6-5-8-16(12-14)21-11-10-19-18(20)13-22-17-9-4-3-7-15(17)2/h3-9,12H,10-11,13H2,1-2H3,(H,19,20). The Morgan fingerprint density at radius 2 is 1.95 bits per heavy atom. The Morgan fingerprint density at radius 3 is 2.73 bits per heavy atom. The van der Waals surface area contributed by atoms with Crippen LogP contribution in [0.25, 0.3) is 0 Å². The molecule has 3 nitrogen and oxygen atoms in total. The molecule has 0 spiro atoms. The molecule has 0 unspecified atom stereocenters. The highest BCUT2D eigenvalue weighted by atomic mass is 32.2. The van der Waals surface area contributed by atoms with Crippen LogP contribution >= 0.6 is 11.8 Å². The van der Waals surface area contributed by atoms with Gasteiger partial charge in [-0.2, -0.15) is 0 Å². The van der Waals surface area contributed by atoms with E-state index in [9.17, 15) is 4.79 Å². The molecule has 22 heavy (non-hydrogen) atoms. The maximum Gasteiger partial charge on any atom is 0.230 e. The number of nitrogens with one attached hydrogen (secondary N) is 1. The van der Waals surface area contributed by atoms with Crippen molar-refractivity contribution in [3.8, 4) is 5.75 Å². The van der Waals surface area contributed by atoms with E-state index in [1.807, 2.05) is 49.4 Å². The van der Waals surface area contributed by atoms with Gasteiger partial charge in [-0.3, -0.25) is 4.79 Å². The lowest BCUT2D eigenvalue weighted by atomic mass is 10.2. The molecule has 4 heteroatoms. The molecule has 0 saturated heterocycles. The Balaban J connectivity index is 1.65. The zero-order valence-electron chi connectivity index (χ0n) is 13.0. The number of thioether (sulfide) groups is 1. The maximum absolute atomic E-state index is 11.8. The Hall–Kier alpha value is -1.94. The molecule has 0 radical (unpaired) electrons. The Bertz CT molecular complexity index is 628. The molecule has 0 aliphatic heterocycles. The third-order valence-corrected chi connectivity index (χ3v) is 4.31. The normalized spacial score (nSPS) is 10.3. The highest BCUT2D eigenvalue weighted by Gasteiger charge is 2.04. The SMILES string of the molecule is Cc1cccc(OCCNC(=O)CSc2ccccc2C)c1. The van der Waals surface area contributed by atoms with Crippen molar-refractivity contribution in [1.82, 2.24) is 5.32 Å². The summed E-state index contributed by atoms with van der Waals surface area (Å²) in [6, 6.07) is 16.0. The first-order valence-corrected chi connectivity index (χ1v) is 8.28. The number of rotatable bonds is 7. The van der Waals surface area contributed by atoms with Crippen molar-refractivity contribution in [3.05, 3.63) is 59.7 Å². The van der Waals surface area contributed by atoms with Gasteiger partial charge in [-0.15, -0.1) is 11.8 Å². The number of hydrogen-bond acceptors (Lipinski definition) is 3. The summed E-state index contributed by atoms with van der Waals surface area (Å²) < 4.78 is 5.60. The molecule has 116 valence electrons. The maximum atomic E-state index is 11.8. The zero-order valence-corrected chi connectivity index (χ0v) is 13.8. The van der Waals surface area contributed by atoms with Crippen molar-refractivity contribution >= 4 is 17.7 Å². The van der Waals surface area contributed by atoms with Crippen molar-refractivity contribution in [1.29, 1.82) is 0 Å². The lowest BCUT2D eigenvalue weighted by molar-refractivity contribution is -0.118. The first kappa shape index (κ1) is 16.4. The molecule has 2 aromatic carbocycles. The third kappa shape index (κ3) is 5.45. The number of hydrogen-bond donors (Lipinski definition) is 1. The van der Waals surface area contributed by atoms with Crippen molar-refractivity contribution in [3.63, 3.8) is 0 Å². The van der Waals surface area contributed by atoms with Gasteiger partial charge < -0.3 is 10.1 Å². The van der Waals surface area contributed by atoms with E-state index < -0.39 is 0 Å². The summed E-state index contributed by atoms with van der Waals surface area (Å²) in [5.41, 5.74) is 2.36. The fourth-order valence-corrected chi connectivity index (χ4v) is 2.84. The Labute approximate surface area is 136 Å². The third-order valence-electron chi connectivity index (χ3n) is 3.13. The van der Waals surface area contributed by atoms with Crippen molar-refractivity contribution < 1.29 is 9.53 Å². The van der Waals surface area contributed by atoms with E-state index in [0.717, 1.165) is 16.2 Å². The van der Waals surface area contributed by atoms with E-state index in [-0.39, 0.29) is 5.91 Å². The number of amides is 1. The van der Waals surface area contributed by atoms with Gasteiger partial charge in [-0.1, -0.05) is 30.3 Å². The van der Waals surface area contributed by atoms with Gasteiger partial charge in [0.05, 0.1) is 12.3 Å². The van der Waals surface area contributed by atoms with Gasteiger partial charge in [0.25, 0.3) is 0 Å². The smallest absolute Gasteiger partial charge is 0.230 e. The topological polar surface area (TPSA) is 38.3 Å². The van der Waals surface area contributed by atoms with Crippen LogP contribution in [-0.4, -0.2) is 24.8 Å². The molecule has 0 heterocycles. The summed E-state index contributed by atoms with van der Waals surface area (Å²) in [6.45, 7) is 5.07. The summed E-state index contributed by atoms with van der Waals surface area (Å²) in [5.74, 6) is 1.29. The van der Waals surface area contributed by atoms with Gasteiger partial charge in [0.1, 0.15) is 12.4 Å². The largest absolute Gasteiger partial charge is 0.492 e. The Kier molecular flexibility index (Phi) is 6.34. The summed E-state index contributed by atoms with van der Waals surface area (Å²) in [4.78, 5) is 13.0. The second kappa shape index (κ2) is 8.49. The highest BCUT2D eigenvalue weighted by molar-refractivity contribution is 8.00. The molecule has 0 aromatic heterocycles. The van der Waals surface area contributed by atoms with Gasteiger partial charge >= 0.3 is 0 Å². The Morgan fingerprint density at radius 1 is 1.14 bits per heavy atom. The lowest BCUT2D eigenvalue weighted by Gasteiger charge is -2.09.